The quantitative estimate of drug-likeness (QED) is 0.656. The highest BCUT2D eigenvalue weighted by molar-refractivity contribution is 7.09. The zero-order chi connectivity index (χ0) is 8.55. The molecule has 0 aliphatic carbocycles. The standard InChI is InChI=1S/C9H10N2S/c1-7-10-8(6-12-7)9-4-3-5-11(9)2/h3-6H,1-2H3. The first-order valence-electron chi connectivity index (χ1n) is 3.81. The van der Waals surface area contributed by atoms with E-state index in [0.717, 1.165) is 10.7 Å². The number of thiazole rings is 1. The molecule has 2 nitrogen and oxygen atoms in total. The zero-order valence-electron chi connectivity index (χ0n) is 7.11. The topological polar surface area (TPSA) is 17.8 Å². The maximum absolute atomic E-state index is 4.41. The number of aromatic nitrogens is 2. The third-order valence-corrected chi connectivity index (χ3v) is 2.60. The van der Waals surface area contributed by atoms with Gasteiger partial charge in [0.2, 0.25) is 0 Å². The fourth-order valence-electron chi connectivity index (χ4n) is 1.21. The Kier molecular flexibility index (Phi) is 1.73. The summed E-state index contributed by atoms with van der Waals surface area (Å²) in [5.41, 5.74) is 2.25. The van der Waals surface area contributed by atoms with Gasteiger partial charge in [-0.2, -0.15) is 0 Å². The summed E-state index contributed by atoms with van der Waals surface area (Å²) in [5.74, 6) is 0. The van der Waals surface area contributed by atoms with E-state index in [9.17, 15) is 0 Å². The van der Waals surface area contributed by atoms with Crippen LogP contribution in [0.3, 0.4) is 0 Å². The van der Waals surface area contributed by atoms with Crippen LogP contribution in [0.1, 0.15) is 5.01 Å². The highest BCUT2D eigenvalue weighted by atomic mass is 32.1. The summed E-state index contributed by atoms with van der Waals surface area (Å²) in [6.07, 6.45) is 2.03. The highest BCUT2D eigenvalue weighted by Crippen LogP contribution is 2.20. The zero-order valence-corrected chi connectivity index (χ0v) is 7.93. The number of nitrogens with zero attached hydrogens (tertiary/aromatic N) is 2. The first kappa shape index (κ1) is 7.55. The van der Waals surface area contributed by atoms with Crippen molar-refractivity contribution in [3.8, 4) is 11.4 Å². The highest BCUT2D eigenvalue weighted by Gasteiger charge is 2.03. The van der Waals surface area contributed by atoms with Crippen LogP contribution in [0.2, 0.25) is 0 Å². The fraction of sp³-hybridized carbons (Fsp3) is 0.222. The van der Waals surface area contributed by atoms with Crippen LogP contribution in [0.5, 0.6) is 0 Å². The van der Waals surface area contributed by atoms with Gasteiger partial charge in [0.1, 0.15) is 0 Å². The summed E-state index contributed by atoms with van der Waals surface area (Å²) in [6, 6.07) is 4.11. The fourth-order valence-corrected chi connectivity index (χ4v) is 1.81. The summed E-state index contributed by atoms with van der Waals surface area (Å²) in [4.78, 5) is 4.41. The minimum atomic E-state index is 1.07. The maximum Gasteiger partial charge on any atom is 0.0978 e. The van der Waals surface area contributed by atoms with Crippen LogP contribution < -0.4 is 0 Å². The van der Waals surface area contributed by atoms with Gasteiger partial charge in [-0.05, 0) is 19.1 Å². The Morgan fingerprint density at radius 2 is 2.33 bits per heavy atom. The summed E-state index contributed by atoms with van der Waals surface area (Å²) >= 11 is 1.69. The van der Waals surface area contributed by atoms with Crippen molar-refractivity contribution in [1.29, 1.82) is 0 Å². The van der Waals surface area contributed by atoms with Crippen LogP contribution in [0.25, 0.3) is 11.4 Å². The van der Waals surface area contributed by atoms with Crippen molar-refractivity contribution in [2.75, 3.05) is 0 Å². The number of hydrogen-bond donors (Lipinski definition) is 0. The second-order valence-corrected chi connectivity index (χ2v) is 3.82. The van der Waals surface area contributed by atoms with Gasteiger partial charge < -0.3 is 4.57 Å². The van der Waals surface area contributed by atoms with Gasteiger partial charge in [-0.15, -0.1) is 11.3 Å². The van der Waals surface area contributed by atoms with E-state index < -0.39 is 0 Å². The molecule has 2 aromatic heterocycles. The van der Waals surface area contributed by atoms with Gasteiger partial charge >= 0.3 is 0 Å². The molecule has 0 radical (unpaired) electrons. The molecule has 62 valence electrons. The molecule has 0 atom stereocenters. The Morgan fingerprint density at radius 1 is 1.50 bits per heavy atom. The molecule has 0 spiro atoms. The van der Waals surface area contributed by atoms with Crippen LogP contribution >= 0.6 is 11.3 Å². The normalized spacial score (nSPS) is 10.5. The molecule has 0 unspecified atom stereocenters. The van der Waals surface area contributed by atoms with Gasteiger partial charge in [0.25, 0.3) is 0 Å². The van der Waals surface area contributed by atoms with Gasteiger partial charge in [0.05, 0.1) is 16.4 Å². The Morgan fingerprint density at radius 3 is 2.83 bits per heavy atom. The first-order valence-corrected chi connectivity index (χ1v) is 4.69. The molecule has 2 heterocycles. The average Bonchev–Trinajstić information content (AvgIpc) is 2.58. The van der Waals surface area contributed by atoms with Crippen molar-refractivity contribution in [2.24, 2.45) is 7.05 Å². The van der Waals surface area contributed by atoms with Crippen LogP contribution in [0.4, 0.5) is 0 Å². The Bertz CT molecular complexity index is 387. The molecule has 0 fully saturated rings. The molecular formula is C9H10N2S. The van der Waals surface area contributed by atoms with Crippen molar-refractivity contribution in [2.45, 2.75) is 6.92 Å². The predicted molar refractivity (Wildman–Crippen MR) is 51.3 cm³/mol. The van der Waals surface area contributed by atoms with Gasteiger partial charge in [0.15, 0.2) is 0 Å². The minimum Gasteiger partial charge on any atom is -0.349 e. The monoisotopic (exact) mass is 178 g/mol. The largest absolute Gasteiger partial charge is 0.349 e. The van der Waals surface area contributed by atoms with E-state index in [1.807, 2.05) is 26.2 Å². The van der Waals surface area contributed by atoms with Gasteiger partial charge in [0, 0.05) is 18.6 Å². The SMILES string of the molecule is Cc1nc(-c2cccn2C)cs1. The van der Waals surface area contributed by atoms with E-state index in [2.05, 4.69) is 21.0 Å². The van der Waals surface area contributed by atoms with E-state index in [-0.39, 0.29) is 0 Å². The molecule has 0 N–H and O–H groups in total. The predicted octanol–water partition coefficient (Wildman–Crippen LogP) is 2.46. The summed E-state index contributed by atoms with van der Waals surface area (Å²) in [5, 5.41) is 3.20. The molecule has 0 aliphatic rings. The van der Waals surface area contributed by atoms with Crippen LogP contribution in [0, 0.1) is 6.92 Å². The Balaban J connectivity index is 2.50. The number of hydrogen-bond acceptors (Lipinski definition) is 2. The number of aryl methyl sites for hydroxylation is 2. The molecular weight excluding hydrogens is 168 g/mol. The van der Waals surface area contributed by atoms with Crippen molar-refractivity contribution >= 4 is 11.3 Å². The number of rotatable bonds is 1. The molecule has 0 aliphatic heterocycles. The second kappa shape index (κ2) is 2.75. The van der Waals surface area contributed by atoms with Crippen LogP contribution in [-0.4, -0.2) is 9.55 Å². The summed E-state index contributed by atoms with van der Waals surface area (Å²) < 4.78 is 2.08. The first-order chi connectivity index (χ1) is 5.77. The molecule has 0 bridgehead atoms. The third kappa shape index (κ3) is 1.16. The van der Waals surface area contributed by atoms with E-state index in [1.54, 1.807) is 11.3 Å². The Hall–Kier alpha value is -1.09. The van der Waals surface area contributed by atoms with Gasteiger partial charge in [-0.25, -0.2) is 4.98 Å². The lowest BCUT2D eigenvalue weighted by molar-refractivity contribution is 0.932. The van der Waals surface area contributed by atoms with Gasteiger partial charge in [-0.1, -0.05) is 0 Å². The Labute approximate surface area is 75.5 Å². The lowest BCUT2D eigenvalue weighted by Gasteiger charge is -1.97. The van der Waals surface area contributed by atoms with Crippen LogP contribution in [0.15, 0.2) is 23.7 Å². The molecule has 12 heavy (non-hydrogen) atoms. The smallest absolute Gasteiger partial charge is 0.0978 e. The van der Waals surface area contributed by atoms with E-state index >= 15 is 0 Å². The second-order valence-electron chi connectivity index (χ2n) is 2.76. The lowest BCUT2D eigenvalue weighted by Crippen LogP contribution is -1.88. The molecule has 0 aromatic carbocycles. The third-order valence-electron chi connectivity index (χ3n) is 1.83. The lowest BCUT2D eigenvalue weighted by atomic mass is 10.3. The summed E-state index contributed by atoms with van der Waals surface area (Å²) in [7, 11) is 2.03. The molecule has 2 aromatic rings. The van der Waals surface area contributed by atoms with Crippen molar-refractivity contribution in [1.82, 2.24) is 9.55 Å². The van der Waals surface area contributed by atoms with E-state index in [0.29, 0.717) is 0 Å². The van der Waals surface area contributed by atoms with E-state index in [4.69, 9.17) is 0 Å². The molecule has 0 saturated heterocycles. The van der Waals surface area contributed by atoms with E-state index in [1.165, 1.54) is 5.69 Å². The molecule has 0 amide bonds. The maximum atomic E-state index is 4.41. The van der Waals surface area contributed by atoms with Crippen molar-refractivity contribution in [3.63, 3.8) is 0 Å². The minimum absolute atomic E-state index is 1.07. The molecule has 2 rings (SSSR count). The van der Waals surface area contributed by atoms with Crippen molar-refractivity contribution in [3.05, 3.63) is 28.7 Å². The molecule has 0 saturated carbocycles. The average molecular weight is 178 g/mol. The van der Waals surface area contributed by atoms with Crippen molar-refractivity contribution < 1.29 is 0 Å². The summed E-state index contributed by atoms with van der Waals surface area (Å²) in [6.45, 7) is 2.02. The molecule has 3 heteroatoms. The van der Waals surface area contributed by atoms with Gasteiger partial charge in [-0.3, -0.25) is 0 Å². The van der Waals surface area contributed by atoms with Crippen LogP contribution in [-0.2, 0) is 7.05 Å².